The number of nitrogens with one attached hydrogen (secondary N) is 1. The van der Waals surface area contributed by atoms with Crippen LogP contribution in [0.1, 0.15) is 33.1 Å². The lowest BCUT2D eigenvalue weighted by Gasteiger charge is -2.24. The molecule has 0 saturated heterocycles. The number of amidine groups is 1. The zero-order valence-corrected chi connectivity index (χ0v) is 9.66. The highest BCUT2D eigenvalue weighted by molar-refractivity contribution is 5.79. The highest BCUT2D eigenvalue weighted by Crippen LogP contribution is 2.20. The molecule has 90 valence electrons. The highest BCUT2D eigenvalue weighted by Gasteiger charge is 2.16. The van der Waals surface area contributed by atoms with Crippen LogP contribution in [0.3, 0.4) is 0 Å². The molecule has 15 heavy (non-hydrogen) atoms. The second kappa shape index (κ2) is 7.48. The van der Waals surface area contributed by atoms with Crippen molar-refractivity contribution in [2.75, 3.05) is 19.7 Å². The second-order valence-corrected chi connectivity index (χ2v) is 4.51. The number of nitrogens with two attached hydrogens (primary N) is 1. The van der Waals surface area contributed by atoms with Crippen molar-refractivity contribution in [3.63, 3.8) is 0 Å². The molecule has 0 amide bonds. The maximum atomic E-state index is 8.73. The number of oxime groups is 1. The van der Waals surface area contributed by atoms with Gasteiger partial charge in [0.25, 0.3) is 0 Å². The van der Waals surface area contributed by atoms with E-state index in [0.717, 1.165) is 19.4 Å². The summed E-state index contributed by atoms with van der Waals surface area (Å²) in [6.45, 7) is 6.12. The molecule has 0 bridgehead atoms. The minimum absolute atomic E-state index is 0.174. The zero-order chi connectivity index (χ0) is 11.7. The van der Waals surface area contributed by atoms with Gasteiger partial charge >= 0.3 is 0 Å². The molecular formula is C10H23N3O2. The molecule has 0 rings (SSSR count). The third kappa shape index (κ3) is 8.20. The maximum Gasteiger partial charge on any atom is 0.140 e. The molecule has 0 aromatic carbocycles. The van der Waals surface area contributed by atoms with E-state index in [1.807, 2.05) is 0 Å². The fourth-order valence-electron chi connectivity index (χ4n) is 1.34. The first kappa shape index (κ1) is 14.2. The molecule has 0 aromatic rings. The average molecular weight is 217 g/mol. The van der Waals surface area contributed by atoms with E-state index < -0.39 is 0 Å². The summed E-state index contributed by atoms with van der Waals surface area (Å²) in [7, 11) is 0. The largest absolute Gasteiger partial charge is 0.409 e. The van der Waals surface area contributed by atoms with Crippen LogP contribution in [-0.2, 0) is 0 Å². The number of rotatable bonds is 8. The van der Waals surface area contributed by atoms with Crippen LogP contribution in [0.15, 0.2) is 5.16 Å². The van der Waals surface area contributed by atoms with Gasteiger partial charge in [-0.05, 0) is 18.3 Å². The van der Waals surface area contributed by atoms with Crippen molar-refractivity contribution >= 4 is 5.84 Å². The summed E-state index contributed by atoms with van der Waals surface area (Å²) in [6, 6.07) is 0. The Kier molecular flexibility index (Phi) is 7.07. The van der Waals surface area contributed by atoms with Gasteiger partial charge in [0.15, 0.2) is 0 Å². The Morgan fingerprint density at radius 1 is 1.47 bits per heavy atom. The molecule has 5 nitrogen and oxygen atoms in total. The molecule has 0 aliphatic carbocycles. The van der Waals surface area contributed by atoms with Gasteiger partial charge in [0.1, 0.15) is 5.84 Å². The van der Waals surface area contributed by atoms with Gasteiger partial charge in [-0.3, -0.25) is 0 Å². The highest BCUT2D eigenvalue weighted by atomic mass is 16.4. The van der Waals surface area contributed by atoms with Crippen LogP contribution >= 0.6 is 0 Å². The third-order valence-corrected chi connectivity index (χ3v) is 2.30. The van der Waals surface area contributed by atoms with Gasteiger partial charge in [0.2, 0.25) is 0 Å². The van der Waals surface area contributed by atoms with Crippen molar-refractivity contribution in [3.8, 4) is 0 Å². The van der Waals surface area contributed by atoms with E-state index in [0.29, 0.717) is 13.0 Å². The number of aliphatic hydroxyl groups excluding tert-OH is 1. The molecule has 0 fully saturated rings. The Hall–Kier alpha value is -0.810. The summed E-state index contributed by atoms with van der Waals surface area (Å²) in [5.74, 6) is 0.246. The molecule has 0 aromatic heterocycles. The van der Waals surface area contributed by atoms with E-state index in [-0.39, 0.29) is 17.9 Å². The van der Waals surface area contributed by atoms with Crippen molar-refractivity contribution in [1.29, 1.82) is 0 Å². The predicted molar refractivity (Wildman–Crippen MR) is 61.0 cm³/mol. The monoisotopic (exact) mass is 217 g/mol. The SMILES string of the molecule is CC(C)(CCCO)CNCCC(N)=NO. The van der Waals surface area contributed by atoms with E-state index in [9.17, 15) is 0 Å². The topological polar surface area (TPSA) is 90.9 Å². The van der Waals surface area contributed by atoms with Crippen LogP contribution in [0.4, 0.5) is 0 Å². The fourth-order valence-corrected chi connectivity index (χ4v) is 1.34. The van der Waals surface area contributed by atoms with Crippen LogP contribution in [-0.4, -0.2) is 35.8 Å². The smallest absolute Gasteiger partial charge is 0.140 e. The summed E-state index contributed by atoms with van der Waals surface area (Å²) in [5, 5.41) is 23.2. The summed E-state index contributed by atoms with van der Waals surface area (Å²) in [4.78, 5) is 0. The maximum absolute atomic E-state index is 8.73. The predicted octanol–water partition coefficient (Wildman–Crippen LogP) is 0.511. The lowest BCUT2D eigenvalue weighted by molar-refractivity contribution is 0.237. The van der Waals surface area contributed by atoms with E-state index in [1.165, 1.54) is 0 Å². The summed E-state index contributed by atoms with van der Waals surface area (Å²) >= 11 is 0. The lowest BCUT2D eigenvalue weighted by atomic mass is 9.88. The molecular weight excluding hydrogens is 194 g/mol. The molecule has 0 aliphatic heterocycles. The van der Waals surface area contributed by atoms with E-state index in [1.54, 1.807) is 0 Å². The van der Waals surface area contributed by atoms with Gasteiger partial charge in [-0.25, -0.2) is 0 Å². The molecule has 0 unspecified atom stereocenters. The molecule has 5 N–H and O–H groups in total. The van der Waals surface area contributed by atoms with Crippen LogP contribution in [0.5, 0.6) is 0 Å². The quantitative estimate of drug-likeness (QED) is 0.157. The minimum Gasteiger partial charge on any atom is -0.409 e. The minimum atomic E-state index is 0.174. The Balaban J connectivity index is 3.56. The van der Waals surface area contributed by atoms with Crippen molar-refractivity contribution in [3.05, 3.63) is 0 Å². The molecule has 0 atom stereocenters. The van der Waals surface area contributed by atoms with Crippen LogP contribution in [0, 0.1) is 5.41 Å². The van der Waals surface area contributed by atoms with Crippen LogP contribution in [0.2, 0.25) is 0 Å². The van der Waals surface area contributed by atoms with Gasteiger partial charge in [0.05, 0.1) is 0 Å². The van der Waals surface area contributed by atoms with Crippen molar-refractivity contribution < 1.29 is 10.3 Å². The summed E-state index contributed by atoms with van der Waals surface area (Å²) in [6.07, 6.45) is 2.36. The van der Waals surface area contributed by atoms with Crippen LogP contribution < -0.4 is 11.1 Å². The Bertz CT molecular complexity index is 193. The number of nitrogens with zero attached hydrogens (tertiary/aromatic N) is 1. The standard InChI is InChI=1S/C10H23N3O2/c1-10(2,5-3-7-14)8-12-6-4-9(11)13-15/h12,14-15H,3-8H2,1-2H3,(H2,11,13). The van der Waals surface area contributed by atoms with E-state index in [2.05, 4.69) is 24.3 Å². The average Bonchev–Trinajstić information content (AvgIpc) is 2.21. The molecule has 0 heterocycles. The van der Waals surface area contributed by atoms with Gasteiger partial charge in [-0.2, -0.15) is 0 Å². The number of hydrogen-bond donors (Lipinski definition) is 4. The fraction of sp³-hybridized carbons (Fsp3) is 0.900. The Morgan fingerprint density at radius 3 is 2.67 bits per heavy atom. The number of hydrogen-bond acceptors (Lipinski definition) is 4. The van der Waals surface area contributed by atoms with Gasteiger partial charge in [0, 0.05) is 26.1 Å². The van der Waals surface area contributed by atoms with Crippen molar-refractivity contribution in [2.24, 2.45) is 16.3 Å². The molecule has 0 spiro atoms. The van der Waals surface area contributed by atoms with E-state index in [4.69, 9.17) is 16.0 Å². The van der Waals surface area contributed by atoms with Gasteiger partial charge in [-0.1, -0.05) is 19.0 Å². The Labute approximate surface area is 91.4 Å². The van der Waals surface area contributed by atoms with Crippen molar-refractivity contribution in [1.82, 2.24) is 5.32 Å². The first-order valence-electron chi connectivity index (χ1n) is 5.30. The molecule has 0 aliphatic rings. The first-order chi connectivity index (χ1) is 7.02. The Morgan fingerprint density at radius 2 is 2.13 bits per heavy atom. The van der Waals surface area contributed by atoms with Gasteiger partial charge < -0.3 is 21.4 Å². The van der Waals surface area contributed by atoms with Crippen LogP contribution in [0.25, 0.3) is 0 Å². The molecule has 0 radical (unpaired) electrons. The van der Waals surface area contributed by atoms with E-state index >= 15 is 0 Å². The first-order valence-corrected chi connectivity index (χ1v) is 5.30. The molecule has 5 heteroatoms. The lowest BCUT2D eigenvalue weighted by Crippen LogP contribution is -2.32. The second-order valence-electron chi connectivity index (χ2n) is 4.51. The van der Waals surface area contributed by atoms with Gasteiger partial charge in [-0.15, -0.1) is 0 Å². The van der Waals surface area contributed by atoms with Crippen molar-refractivity contribution in [2.45, 2.75) is 33.1 Å². The summed E-state index contributed by atoms with van der Waals surface area (Å²) in [5.41, 5.74) is 5.50. The normalized spacial score (nSPS) is 13.1. The molecule has 0 saturated carbocycles. The summed E-state index contributed by atoms with van der Waals surface area (Å²) < 4.78 is 0. The number of aliphatic hydroxyl groups is 1. The third-order valence-electron chi connectivity index (χ3n) is 2.30. The zero-order valence-electron chi connectivity index (χ0n) is 9.66.